The van der Waals surface area contributed by atoms with Gasteiger partial charge in [0, 0.05) is 134 Å². The van der Waals surface area contributed by atoms with Crippen LogP contribution in [0.3, 0.4) is 0 Å². The molecule has 1 fully saturated rings. The predicted molar refractivity (Wildman–Crippen MR) is 422 cm³/mol. The molecule has 26 heteroatoms. The Kier molecular flexibility index (Phi) is 29.2. The largest absolute Gasteiger partial charge is 0.439 e. The molecule has 4 N–H and O–H groups in total. The summed E-state index contributed by atoms with van der Waals surface area (Å²) in [5.41, 5.74) is 4.92. The fourth-order valence-electron chi connectivity index (χ4n) is 12.2. The van der Waals surface area contributed by atoms with Crippen LogP contribution in [-0.2, 0) is 54.9 Å². The van der Waals surface area contributed by atoms with Crippen LogP contribution in [0.25, 0.3) is 67.3 Å². The van der Waals surface area contributed by atoms with Crippen molar-refractivity contribution in [2.45, 2.75) is 130 Å². The van der Waals surface area contributed by atoms with Crippen molar-refractivity contribution in [1.82, 2.24) is 28.2 Å². The lowest BCUT2D eigenvalue weighted by Gasteiger charge is -2.22. The summed E-state index contributed by atoms with van der Waals surface area (Å²) in [6.45, 7) is 6.64. The number of ether oxygens (including phenoxy) is 2. The zero-order chi connectivity index (χ0) is 74.7. The number of aryl methyl sites for hydroxylation is 2. The number of halogens is 7. The molecule has 12 aromatic rings. The van der Waals surface area contributed by atoms with Crippen LogP contribution in [0.4, 0.5) is 0 Å². The van der Waals surface area contributed by atoms with Gasteiger partial charge in [-0.15, -0.1) is 0 Å². The molecule has 1 aliphatic heterocycles. The van der Waals surface area contributed by atoms with E-state index in [1.807, 2.05) is 85.8 Å². The Morgan fingerprint density at radius 3 is 1.27 bits per heavy atom. The van der Waals surface area contributed by atoms with Crippen molar-refractivity contribution < 1.29 is 32.9 Å². The van der Waals surface area contributed by atoms with Crippen LogP contribution < -0.4 is 33.7 Å². The lowest BCUT2D eigenvalue weighted by molar-refractivity contribution is -0.161. The average molecular weight is 1610 g/mol. The van der Waals surface area contributed by atoms with Gasteiger partial charge in [0.25, 0.3) is 16.7 Å². The van der Waals surface area contributed by atoms with Gasteiger partial charge in [0.1, 0.15) is 33.4 Å². The Labute approximate surface area is 642 Å². The van der Waals surface area contributed by atoms with Crippen molar-refractivity contribution >= 4 is 119 Å². The number of H-pyrrole nitrogens is 2. The van der Waals surface area contributed by atoms with E-state index < -0.39 is 22.5 Å². The molecule has 0 spiro atoms. The predicted octanol–water partition coefficient (Wildman–Crippen LogP) is 17.7. The summed E-state index contributed by atoms with van der Waals surface area (Å²) in [6, 6.07) is 43.7. The standard InChI is InChI=1S/C27H28Cl2N2O3.C25H24Cl2N2O5.C19H12Cl2N2O3.C8H15BrO2/c1-3-5-14-30-25(32)23-22(16-18-10-12-20(28)13-11-18)24(19-8-7-9-21(29)17-19)34-26(23)31(27(30)33)15-6-4-2;26-18-8-6-16(7-9-18)14-20-21-23(32)28(10-2-12-30)25(33)29(11-3-13-31)24(21)34-22(20)17-4-1-5-19(27)15-17;20-12-6-4-10(5-7-12)8-14-15-17(24)22-19(25)23-18(15)26-16(14)11-2-1-3-13(21)9-11;9-5-3-7-11-8-4-1-2-6-10-8/h7-13,17H,3-6,14-16H2,1-2H3;1,4-9,15,30-31H,2-3,10-14H2;1-7,9H,8H2,(H2,22,23,24,25);8H,1-7H2. The van der Waals surface area contributed by atoms with Crippen LogP contribution >= 0.6 is 85.5 Å². The highest BCUT2D eigenvalue weighted by molar-refractivity contribution is 9.09. The second-order valence-electron chi connectivity index (χ2n) is 25.0. The van der Waals surface area contributed by atoms with Crippen LogP contribution in [0.2, 0.25) is 30.1 Å². The van der Waals surface area contributed by atoms with E-state index in [2.05, 4.69) is 32.8 Å². The normalized spacial score (nSPS) is 12.8. The fourth-order valence-corrected chi connectivity index (χ4v) is 13.4. The van der Waals surface area contributed by atoms with Crippen molar-refractivity contribution in [1.29, 1.82) is 0 Å². The molecule has 0 amide bonds. The quantitative estimate of drug-likeness (QED) is 0.0307. The molecule has 1 saturated heterocycles. The number of nitrogens with zero attached hydrogens (tertiary/aromatic N) is 4. The van der Waals surface area contributed by atoms with E-state index in [0.717, 1.165) is 95.0 Å². The molecule has 1 aliphatic rings. The van der Waals surface area contributed by atoms with E-state index in [-0.39, 0.29) is 61.7 Å². The molecule has 7 heterocycles. The van der Waals surface area contributed by atoms with Gasteiger partial charge in [-0.1, -0.05) is 185 Å². The molecule has 0 aliphatic carbocycles. The second kappa shape index (κ2) is 38.5. The minimum atomic E-state index is -0.619. The molecule has 19 nitrogen and oxygen atoms in total. The summed E-state index contributed by atoms with van der Waals surface area (Å²) >= 11 is 40.1. The van der Waals surface area contributed by atoms with Crippen LogP contribution in [0, 0.1) is 0 Å². The van der Waals surface area contributed by atoms with Gasteiger partial charge in [-0.2, -0.15) is 0 Å². The van der Waals surface area contributed by atoms with Gasteiger partial charge >= 0.3 is 17.1 Å². The zero-order valence-corrected chi connectivity index (χ0v) is 63.9. The van der Waals surface area contributed by atoms with E-state index in [1.54, 1.807) is 71.3 Å². The van der Waals surface area contributed by atoms with E-state index >= 15 is 0 Å². The van der Waals surface area contributed by atoms with Crippen LogP contribution in [0.15, 0.2) is 188 Å². The molecular weight excluding hydrogens is 1530 g/mol. The lowest BCUT2D eigenvalue weighted by Crippen LogP contribution is -2.40. The third kappa shape index (κ3) is 20.2. The highest BCUT2D eigenvalue weighted by Crippen LogP contribution is 2.38. The summed E-state index contributed by atoms with van der Waals surface area (Å²) in [5, 5.41) is 24.2. The van der Waals surface area contributed by atoms with Gasteiger partial charge in [0.05, 0.1) is 6.61 Å². The summed E-state index contributed by atoms with van der Waals surface area (Å²) in [7, 11) is 0. The number of furan rings is 3. The number of unbranched alkanes of at least 4 members (excludes halogenated alkanes) is 2. The number of benzene rings is 6. The zero-order valence-electron chi connectivity index (χ0n) is 57.8. The first-order chi connectivity index (χ1) is 50.8. The second-order valence-corrected chi connectivity index (χ2v) is 28.4. The molecule has 0 saturated carbocycles. The monoisotopic (exact) mass is 1610 g/mol. The third-order valence-corrected chi connectivity index (χ3v) is 19.4. The fraction of sp³-hybridized carbons (Fsp3) is 0.316. The molecule has 105 heavy (non-hydrogen) atoms. The summed E-state index contributed by atoms with van der Waals surface area (Å²) in [4.78, 5) is 82.6. The van der Waals surface area contributed by atoms with Gasteiger partial charge in [-0.05, 0) is 141 Å². The number of aromatic amines is 2. The topological polar surface area (TPSA) is 252 Å². The molecular formula is C79H79BrCl6N6O13. The van der Waals surface area contributed by atoms with E-state index in [1.165, 1.54) is 22.0 Å². The molecule has 0 radical (unpaired) electrons. The molecule has 1 atom stereocenters. The van der Waals surface area contributed by atoms with Gasteiger partial charge < -0.3 is 32.9 Å². The van der Waals surface area contributed by atoms with Gasteiger partial charge in [-0.3, -0.25) is 42.6 Å². The van der Waals surface area contributed by atoms with E-state index in [4.69, 9.17) is 92.3 Å². The number of fused-ring (bicyclic) bond motifs is 3. The van der Waals surface area contributed by atoms with Crippen molar-refractivity contribution in [3.05, 3.63) is 272 Å². The van der Waals surface area contributed by atoms with E-state index in [9.17, 15) is 39.0 Å². The number of nitrogens with one attached hydrogen (secondary N) is 2. The third-order valence-electron chi connectivity index (χ3n) is 17.4. The maximum atomic E-state index is 13.7. The summed E-state index contributed by atoms with van der Waals surface area (Å²) in [5.74, 6) is 1.49. The SMILES string of the molecule is BrCCCOC1CCCCO1.CCCCn1c(=O)c2c(Cc3ccc(Cl)cc3)c(-c3cccc(Cl)c3)oc2n(CCCC)c1=O.O=c1[nH]c(=O)c2c(Cc3ccc(Cl)cc3)c(-c3cccc(Cl)c3)oc2[nH]1.O=c1c2c(Cc3ccc(Cl)cc3)c(-c3cccc(Cl)c3)oc2n(CCCO)c(=O)n1CCCO. The number of rotatable bonds is 25. The number of aliphatic hydroxyl groups excluding tert-OH is 2. The van der Waals surface area contributed by atoms with Crippen molar-refractivity contribution in [3.8, 4) is 34.0 Å². The number of aromatic nitrogens is 6. The van der Waals surface area contributed by atoms with Crippen LogP contribution in [-0.4, -0.2) is 76.5 Å². The maximum absolute atomic E-state index is 13.7. The Morgan fingerprint density at radius 1 is 0.476 bits per heavy atom. The van der Waals surface area contributed by atoms with Gasteiger partial charge in [0.2, 0.25) is 17.1 Å². The average Bonchev–Trinajstić information content (AvgIpc) is 1.60. The van der Waals surface area contributed by atoms with Gasteiger partial charge in [-0.25, -0.2) is 14.4 Å². The number of hydrogen-bond acceptors (Lipinski definition) is 13. The number of aliphatic hydroxyl groups is 2. The highest BCUT2D eigenvalue weighted by atomic mass is 79.9. The first-order valence-corrected chi connectivity index (χ1v) is 38.1. The Morgan fingerprint density at radius 2 is 0.876 bits per heavy atom. The van der Waals surface area contributed by atoms with Gasteiger partial charge in [0.15, 0.2) is 6.29 Å². The van der Waals surface area contributed by atoms with Crippen LogP contribution in [0.5, 0.6) is 0 Å². The number of hydrogen-bond donors (Lipinski definition) is 4. The Hall–Kier alpha value is -7.96. The molecule has 13 rings (SSSR count). The van der Waals surface area contributed by atoms with Crippen molar-refractivity contribution in [3.63, 3.8) is 0 Å². The molecule has 0 bridgehead atoms. The summed E-state index contributed by atoms with van der Waals surface area (Å²) < 4.78 is 34.8. The molecule has 6 aromatic heterocycles. The van der Waals surface area contributed by atoms with Crippen molar-refractivity contribution in [2.75, 3.05) is 31.8 Å². The smallest absolute Gasteiger partial charge is 0.333 e. The van der Waals surface area contributed by atoms with Crippen LogP contribution in [0.1, 0.15) is 111 Å². The maximum Gasteiger partial charge on any atom is 0.333 e. The minimum Gasteiger partial charge on any atom is -0.439 e. The first kappa shape index (κ1) is 79.6. The molecule has 1 unspecified atom stereocenters. The Balaban J connectivity index is 0.000000158. The Bertz CT molecular complexity index is 5090. The van der Waals surface area contributed by atoms with Crippen molar-refractivity contribution in [2.24, 2.45) is 0 Å². The highest BCUT2D eigenvalue weighted by Gasteiger charge is 2.28. The molecule has 6 aromatic carbocycles. The first-order valence-electron chi connectivity index (χ1n) is 34.7. The summed E-state index contributed by atoms with van der Waals surface area (Å²) in [6.07, 6.45) is 9.85. The lowest BCUT2D eigenvalue weighted by atomic mass is 9.99. The molecule has 552 valence electrons. The number of alkyl halides is 1. The minimum absolute atomic E-state index is 0.0707. The van der Waals surface area contributed by atoms with E-state index in [0.29, 0.717) is 125 Å².